The van der Waals surface area contributed by atoms with Gasteiger partial charge in [0.15, 0.2) is 26.5 Å². The number of aliphatic imine (C=N–C) groups is 1. The Hall–Kier alpha value is -1.78. The van der Waals surface area contributed by atoms with Crippen molar-refractivity contribution in [2.45, 2.75) is 11.3 Å². The number of carbonyl (C=O) groups is 1. The second-order valence-electron chi connectivity index (χ2n) is 5.93. The highest BCUT2D eigenvalue weighted by molar-refractivity contribution is 8.16. The first kappa shape index (κ1) is 16.7. The predicted octanol–water partition coefficient (Wildman–Crippen LogP) is 0.663. The van der Waals surface area contributed by atoms with Gasteiger partial charge in [-0.25, -0.2) is 8.42 Å². The number of rotatable bonds is 3. The molecule has 4 rings (SSSR count). The number of sulfone groups is 1. The Labute approximate surface area is 149 Å². The van der Waals surface area contributed by atoms with Gasteiger partial charge in [-0.2, -0.15) is 4.99 Å². The molecular formula is C15H16N2O6S2. The standard InChI is InChI=1S/C15H16N2O6S2/c1-21-5-14(18)16-15-17(10-6-25(19,20)7-13(10)24-15)9-2-3-11-12(4-9)23-8-22-11/h2-4,10,13H,5-8H2,1H3/t10-,13-/m0/s1. The first-order valence-electron chi connectivity index (χ1n) is 7.63. The SMILES string of the molecule is COCC(=O)N=C1S[C@H]2CS(=O)(=O)C[C@@H]2N1c1ccc2c(c1)OCO2. The summed E-state index contributed by atoms with van der Waals surface area (Å²) >= 11 is 1.32. The van der Waals surface area contributed by atoms with Crippen molar-refractivity contribution in [1.29, 1.82) is 0 Å². The molecule has 0 saturated carbocycles. The zero-order chi connectivity index (χ0) is 17.6. The topological polar surface area (TPSA) is 94.5 Å². The molecule has 2 saturated heterocycles. The number of carbonyl (C=O) groups excluding carboxylic acids is 1. The van der Waals surface area contributed by atoms with Crippen LogP contribution in [0.1, 0.15) is 0 Å². The molecule has 3 aliphatic rings. The van der Waals surface area contributed by atoms with Gasteiger partial charge < -0.3 is 19.1 Å². The maximum absolute atomic E-state index is 12.0. The molecule has 3 heterocycles. The van der Waals surface area contributed by atoms with E-state index in [1.54, 1.807) is 12.1 Å². The van der Waals surface area contributed by atoms with Crippen LogP contribution in [0.4, 0.5) is 5.69 Å². The first-order chi connectivity index (χ1) is 12.0. The second-order valence-corrected chi connectivity index (χ2v) is 9.29. The number of methoxy groups -OCH3 is 1. The Morgan fingerprint density at radius 1 is 1.36 bits per heavy atom. The summed E-state index contributed by atoms with van der Waals surface area (Å²) in [5.74, 6) is 0.949. The molecule has 8 nitrogen and oxygen atoms in total. The van der Waals surface area contributed by atoms with Gasteiger partial charge in [-0.3, -0.25) is 4.79 Å². The van der Waals surface area contributed by atoms with Crippen LogP contribution in [0.5, 0.6) is 11.5 Å². The zero-order valence-electron chi connectivity index (χ0n) is 13.4. The number of fused-ring (bicyclic) bond motifs is 2. The van der Waals surface area contributed by atoms with Crippen LogP contribution in [-0.2, 0) is 19.4 Å². The Morgan fingerprint density at radius 2 is 2.16 bits per heavy atom. The van der Waals surface area contributed by atoms with E-state index in [1.807, 2.05) is 11.0 Å². The third kappa shape index (κ3) is 3.09. The van der Waals surface area contributed by atoms with Gasteiger partial charge in [-0.1, -0.05) is 11.8 Å². The molecule has 10 heteroatoms. The second kappa shape index (κ2) is 6.19. The van der Waals surface area contributed by atoms with Gasteiger partial charge in [-0.05, 0) is 12.1 Å². The van der Waals surface area contributed by atoms with Crippen LogP contribution in [-0.4, -0.2) is 62.8 Å². The molecule has 0 radical (unpaired) electrons. The van der Waals surface area contributed by atoms with Gasteiger partial charge >= 0.3 is 0 Å². The molecular weight excluding hydrogens is 368 g/mol. The van der Waals surface area contributed by atoms with Crippen LogP contribution in [0, 0.1) is 0 Å². The van der Waals surface area contributed by atoms with Crippen molar-refractivity contribution in [1.82, 2.24) is 0 Å². The summed E-state index contributed by atoms with van der Waals surface area (Å²) in [6, 6.07) is 5.11. The van der Waals surface area contributed by atoms with Crippen LogP contribution in [0.2, 0.25) is 0 Å². The van der Waals surface area contributed by atoms with Gasteiger partial charge in [0.05, 0.1) is 17.5 Å². The minimum absolute atomic E-state index is 0.0383. The molecule has 1 aromatic rings. The molecule has 0 bridgehead atoms. The molecule has 2 fully saturated rings. The quantitative estimate of drug-likeness (QED) is 0.750. The normalized spacial score (nSPS) is 27.7. The summed E-state index contributed by atoms with van der Waals surface area (Å²) in [7, 11) is -1.68. The van der Waals surface area contributed by atoms with Crippen LogP contribution in [0.25, 0.3) is 0 Å². The summed E-state index contributed by atoms with van der Waals surface area (Å²) in [6.07, 6.45) is 0. The lowest BCUT2D eigenvalue weighted by Crippen LogP contribution is -2.37. The van der Waals surface area contributed by atoms with E-state index in [1.165, 1.54) is 18.9 Å². The molecule has 2 atom stereocenters. The molecule has 25 heavy (non-hydrogen) atoms. The molecule has 0 spiro atoms. The fourth-order valence-electron chi connectivity index (χ4n) is 3.16. The Morgan fingerprint density at radius 3 is 2.96 bits per heavy atom. The fraction of sp³-hybridized carbons (Fsp3) is 0.467. The maximum atomic E-state index is 12.0. The van der Waals surface area contributed by atoms with Crippen molar-refractivity contribution in [3.05, 3.63) is 18.2 Å². The molecule has 1 aromatic carbocycles. The monoisotopic (exact) mass is 384 g/mol. The van der Waals surface area contributed by atoms with Crippen molar-refractivity contribution in [3.63, 3.8) is 0 Å². The first-order valence-corrected chi connectivity index (χ1v) is 10.3. The molecule has 0 unspecified atom stereocenters. The fourth-order valence-corrected chi connectivity index (χ4v) is 7.10. The van der Waals surface area contributed by atoms with Crippen molar-refractivity contribution >= 4 is 38.4 Å². The summed E-state index contributed by atoms with van der Waals surface area (Å²) < 4.78 is 39.6. The van der Waals surface area contributed by atoms with E-state index in [0.717, 1.165) is 5.69 Å². The number of ether oxygens (including phenoxy) is 3. The third-order valence-electron chi connectivity index (χ3n) is 4.19. The number of hydrogen-bond acceptors (Lipinski definition) is 7. The number of amidine groups is 1. The lowest BCUT2D eigenvalue weighted by Gasteiger charge is -2.24. The minimum Gasteiger partial charge on any atom is -0.454 e. The highest BCUT2D eigenvalue weighted by atomic mass is 32.2. The van der Waals surface area contributed by atoms with Crippen LogP contribution in [0.15, 0.2) is 23.2 Å². The third-order valence-corrected chi connectivity index (χ3v) is 7.40. The van der Waals surface area contributed by atoms with Crippen molar-refractivity contribution in [3.8, 4) is 11.5 Å². The Kier molecular flexibility index (Phi) is 4.13. The predicted molar refractivity (Wildman–Crippen MR) is 93.2 cm³/mol. The van der Waals surface area contributed by atoms with Crippen molar-refractivity contribution < 1.29 is 27.4 Å². The highest BCUT2D eigenvalue weighted by Gasteiger charge is 2.49. The summed E-state index contributed by atoms with van der Waals surface area (Å²) in [6.45, 7) is 0.0356. The number of amides is 1. The Bertz CT molecular complexity index is 854. The molecule has 134 valence electrons. The van der Waals surface area contributed by atoms with E-state index >= 15 is 0 Å². The molecule has 3 aliphatic heterocycles. The van der Waals surface area contributed by atoms with E-state index in [4.69, 9.17) is 14.2 Å². The van der Waals surface area contributed by atoms with Gasteiger partial charge in [0, 0.05) is 24.1 Å². The van der Waals surface area contributed by atoms with E-state index in [9.17, 15) is 13.2 Å². The van der Waals surface area contributed by atoms with Gasteiger partial charge in [0.2, 0.25) is 6.79 Å². The van der Waals surface area contributed by atoms with E-state index in [0.29, 0.717) is 16.7 Å². The minimum atomic E-state index is -3.10. The van der Waals surface area contributed by atoms with Crippen LogP contribution >= 0.6 is 11.8 Å². The number of hydrogen-bond donors (Lipinski definition) is 0. The number of benzene rings is 1. The summed E-state index contributed by atoms with van der Waals surface area (Å²) in [5, 5.41) is 0.343. The lowest BCUT2D eigenvalue weighted by atomic mass is 10.2. The van der Waals surface area contributed by atoms with E-state index in [-0.39, 0.29) is 36.2 Å². The lowest BCUT2D eigenvalue weighted by molar-refractivity contribution is -0.121. The Balaban J connectivity index is 1.72. The number of anilines is 1. The number of thioether (sulfide) groups is 1. The molecule has 1 amide bonds. The van der Waals surface area contributed by atoms with Gasteiger partial charge in [0.25, 0.3) is 5.91 Å². The van der Waals surface area contributed by atoms with Gasteiger partial charge in [0.1, 0.15) is 6.61 Å². The van der Waals surface area contributed by atoms with Crippen molar-refractivity contribution in [2.75, 3.05) is 36.9 Å². The van der Waals surface area contributed by atoms with E-state index < -0.39 is 15.7 Å². The van der Waals surface area contributed by atoms with E-state index in [2.05, 4.69) is 4.99 Å². The van der Waals surface area contributed by atoms with Crippen LogP contribution < -0.4 is 14.4 Å². The average Bonchev–Trinajstić information content (AvgIpc) is 3.18. The summed E-state index contributed by atoms with van der Waals surface area (Å²) in [5.41, 5.74) is 0.727. The maximum Gasteiger partial charge on any atom is 0.274 e. The smallest absolute Gasteiger partial charge is 0.274 e. The largest absolute Gasteiger partial charge is 0.454 e. The molecule has 0 aliphatic carbocycles. The average molecular weight is 384 g/mol. The molecule has 0 aromatic heterocycles. The van der Waals surface area contributed by atoms with Crippen molar-refractivity contribution in [2.24, 2.45) is 4.99 Å². The highest BCUT2D eigenvalue weighted by Crippen LogP contribution is 2.43. The number of nitrogens with zero attached hydrogens (tertiary/aromatic N) is 2. The zero-order valence-corrected chi connectivity index (χ0v) is 15.0. The van der Waals surface area contributed by atoms with Gasteiger partial charge in [-0.15, -0.1) is 0 Å². The molecule has 0 N–H and O–H groups in total. The summed E-state index contributed by atoms with van der Waals surface area (Å²) in [4.78, 5) is 17.8. The van der Waals surface area contributed by atoms with Crippen LogP contribution in [0.3, 0.4) is 0 Å².